The van der Waals surface area contributed by atoms with Gasteiger partial charge in [-0.15, -0.1) is 6.58 Å². The summed E-state index contributed by atoms with van der Waals surface area (Å²) in [6.45, 7) is 12.4. The zero-order chi connectivity index (χ0) is 15.7. The van der Waals surface area contributed by atoms with Gasteiger partial charge >= 0.3 is 0 Å². The summed E-state index contributed by atoms with van der Waals surface area (Å²) < 4.78 is 1.95. The van der Waals surface area contributed by atoms with Crippen LogP contribution in [0, 0.1) is 6.92 Å². The lowest BCUT2D eigenvalue weighted by atomic mass is 10.0. The Morgan fingerprint density at radius 3 is 2.59 bits per heavy atom. The standard InChI is InChI=1S/C18H18N4/c1-5-8-22-17-7-6-14(15-10-19-13(4)20-11-15)9-16(17)18(21-22)12(2)3/h5-7,9-11H,1-2,8H2,3-4H3. The number of aromatic nitrogens is 4. The van der Waals surface area contributed by atoms with E-state index in [2.05, 4.69) is 46.4 Å². The van der Waals surface area contributed by atoms with E-state index < -0.39 is 0 Å². The quantitative estimate of drug-likeness (QED) is 0.682. The third-order valence-electron chi connectivity index (χ3n) is 3.57. The molecule has 0 atom stereocenters. The Morgan fingerprint density at radius 2 is 1.95 bits per heavy atom. The number of hydrogen-bond acceptors (Lipinski definition) is 3. The minimum absolute atomic E-state index is 0.677. The normalized spacial score (nSPS) is 10.8. The second-order valence-electron chi connectivity index (χ2n) is 5.35. The van der Waals surface area contributed by atoms with E-state index in [-0.39, 0.29) is 0 Å². The molecular formula is C18H18N4. The molecule has 0 bridgehead atoms. The summed E-state index contributed by atoms with van der Waals surface area (Å²) in [4.78, 5) is 8.53. The molecule has 0 saturated carbocycles. The molecule has 110 valence electrons. The molecule has 0 aliphatic heterocycles. The first-order chi connectivity index (χ1) is 10.6. The maximum atomic E-state index is 4.64. The highest BCUT2D eigenvalue weighted by molar-refractivity contribution is 5.93. The van der Waals surface area contributed by atoms with Gasteiger partial charge in [-0.05, 0) is 37.1 Å². The lowest BCUT2D eigenvalue weighted by molar-refractivity contribution is 0.725. The van der Waals surface area contributed by atoms with Crippen molar-refractivity contribution in [2.75, 3.05) is 0 Å². The van der Waals surface area contributed by atoms with Crippen LogP contribution >= 0.6 is 0 Å². The minimum Gasteiger partial charge on any atom is -0.260 e. The maximum absolute atomic E-state index is 4.64. The van der Waals surface area contributed by atoms with E-state index in [1.54, 1.807) is 0 Å². The minimum atomic E-state index is 0.677. The Morgan fingerprint density at radius 1 is 1.23 bits per heavy atom. The van der Waals surface area contributed by atoms with E-state index in [9.17, 15) is 0 Å². The fraction of sp³-hybridized carbons (Fsp3) is 0.167. The van der Waals surface area contributed by atoms with Crippen molar-refractivity contribution in [3.05, 3.63) is 61.3 Å². The second kappa shape index (κ2) is 5.56. The average molecular weight is 290 g/mol. The van der Waals surface area contributed by atoms with E-state index in [1.165, 1.54) is 0 Å². The van der Waals surface area contributed by atoms with E-state index in [0.717, 1.165) is 39.1 Å². The zero-order valence-electron chi connectivity index (χ0n) is 12.9. The Balaban J connectivity index is 2.19. The van der Waals surface area contributed by atoms with Crippen molar-refractivity contribution in [1.29, 1.82) is 0 Å². The van der Waals surface area contributed by atoms with Crippen LogP contribution < -0.4 is 0 Å². The number of allylic oxidation sites excluding steroid dienone is 2. The largest absolute Gasteiger partial charge is 0.260 e. The van der Waals surface area contributed by atoms with Crippen LogP contribution in [0.5, 0.6) is 0 Å². The van der Waals surface area contributed by atoms with E-state index >= 15 is 0 Å². The van der Waals surface area contributed by atoms with E-state index in [4.69, 9.17) is 0 Å². The third-order valence-corrected chi connectivity index (χ3v) is 3.57. The summed E-state index contributed by atoms with van der Waals surface area (Å²) in [5.74, 6) is 0.770. The number of hydrogen-bond donors (Lipinski definition) is 0. The van der Waals surface area contributed by atoms with Gasteiger partial charge < -0.3 is 0 Å². The van der Waals surface area contributed by atoms with Crippen LogP contribution in [0.4, 0.5) is 0 Å². The molecule has 1 aromatic carbocycles. The number of nitrogens with zero attached hydrogens (tertiary/aromatic N) is 4. The first-order valence-electron chi connectivity index (χ1n) is 7.16. The van der Waals surface area contributed by atoms with Crippen LogP contribution in [0.2, 0.25) is 0 Å². The molecule has 0 amide bonds. The van der Waals surface area contributed by atoms with Crippen LogP contribution in [-0.2, 0) is 6.54 Å². The highest BCUT2D eigenvalue weighted by Crippen LogP contribution is 2.28. The SMILES string of the molecule is C=CCn1nc(C(=C)C)c2cc(-c3cnc(C)nc3)ccc21. The summed E-state index contributed by atoms with van der Waals surface area (Å²) in [5.41, 5.74) is 5.02. The van der Waals surface area contributed by atoms with E-state index in [1.807, 2.05) is 37.0 Å². The van der Waals surface area contributed by atoms with Crippen molar-refractivity contribution in [2.24, 2.45) is 0 Å². The van der Waals surface area contributed by atoms with Gasteiger partial charge in [0.15, 0.2) is 0 Å². The number of fused-ring (bicyclic) bond motifs is 1. The molecule has 0 aliphatic carbocycles. The molecule has 0 saturated heterocycles. The van der Waals surface area contributed by atoms with Gasteiger partial charge in [-0.1, -0.05) is 18.7 Å². The molecule has 0 fully saturated rings. The van der Waals surface area contributed by atoms with Crippen molar-refractivity contribution in [2.45, 2.75) is 20.4 Å². The fourth-order valence-corrected chi connectivity index (χ4v) is 2.48. The number of benzene rings is 1. The van der Waals surface area contributed by atoms with Crippen molar-refractivity contribution in [3.8, 4) is 11.1 Å². The highest BCUT2D eigenvalue weighted by Gasteiger charge is 2.12. The molecule has 0 spiro atoms. The summed E-state index contributed by atoms with van der Waals surface area (Å²) in [6.07, 6.45) is 5.53. The lowest BCUT2D eigenvalue weighted by Gasteiger charge is -2.03. The fourth-order valence-electron chi connectivity index (χ4n) is 2.48. The van der Waals surface area contributed by atoms with Crippen LogP contribution in [0.1, 0.15) is 18.4 Å². The molecule has 0 N–H and O–H groups in total. The molecule has 4 heteroatoms. The molecule has 0 radical (unpaired) electrons. The van der Waals surface area contributed by atoms with Crippen molar-refractivity contribution in [3.63, 3.8) is 0 Å². The molecule has 0 aliphatic rings. The molecule has 22 heavy (non-hydrogen) atoms. The summed E-state index contributed by atoms with van der Waals surface area (Å²) >= 11 is 0. The molecule has 3 aromatic rings. The Labute approximate surface area is 129 Å². The first kappa shape index (κ1) is 14.2. The van der Waals surface area contributed by atoms with Gasteiger partial charge in [-0.3, -0.25) is 4.68 Å². The maximum Gasteiger partial charge on any atom is 0.125 e. The van der Waals surface area contributed by atoms with Crippen LogP contribution in [-0.4, -0.2) is 19.7 Å². The predicted octanol–water partition coefficient (Wildman–Crippen LogP) is 4.02. The average Bonchev–Trinajstić information content (AvgIpc) is 2.87. The second-order valence-corrected chi connectivity index (χ2v) is 5.35. The van der Waals surface area contributed by atoms with Gasteiger partial charge in [-0.25, -0.2) is 9.97 Å². The first-order valence-corrected chi connectivity index (χ1v) is 7.16. The smallest absolute Gasteiger partial charge is 0.125 e. The monoisotopic (exact) mass is 290 g/mol. The Kier molecular flexibility index (Phi) is 3.59. The van der Waals surface area contributed by atoms with Gasteiger partial charge in [0.05, 0.1) is 17.8 Å². The van der Waals surface area contributed by atoms with Crippen molar-refractivity contribution >= 4 is 16.5 Å². The van der Waals surface area contributed by atoms with Gasteiger partial charge in [0.2, 0.25) is 0 Å². The molecule has 3 rings (SSSR count). The van der Waals surface area contributed by atoms with Crippen molar-refractivity contribution < 1.29 is 0 Å². The van der Waals surface area contributed by atoms with E-state index in [0.29, 0.717) is 6.54 Å². The van der Waals surface area contributed by atoms with Gasteiger partial charge in [0.25, 0.3) is 0 Å². The number of aryl methyl sites for hydroxylation is 1. The van der Waals surface area contributed by atoms with Crippen LogP contribution in [0.25, 0.3) is 27.6 Å². The summed E-state index contributed by atoms with van der Waals surface area (Å²) in [7, 11) is 0. The Hall–Kier alpha value is -2.75. The topological polar surface area (TPSA) is 43.6 Å². The van der Waals surface area contributed by atoms with Gasteiger partial charge in [0.1, 0.15) is 5.82 Å². The molecule has 4 nitrogen and oxygen atoms in total. The number of rotatable bonds is 4. The van der Waals surface area contributed by atoms with Gasteiger partial charge in [0, 0.05) is 23.3 Å². The van der Waals surface area contributed by atoms with Crippen molar-refractivity contribution in [1.82, 2.24) is 19.7 Å². The van der Waals surface area contributed by atoms with Crippen LogP contribution in [0.15, 0.2) is 49.8 Å². The van der Waals surface area contributed by atoms with Crippen LogP contribution in [0.3, 0.4) is 0 Å². The molecule has 0 unspecified atom stereocenters. The zero-order valence-corrected chi connectivity index (χ0v) is 12.9. The van der Waals surface area contributed by atoms with Gasteiger partial charge in [-0.2, -0.15) is 5.10 Å². The third kappa shape index (κ3) is 2.44. The predicted molar refractivity (Wildman–Crippen MR) is 90.4 cm³/mol. The summed E-state index contributed by atoms with van der Waals surface area (Å²) in [5, 5.41) is 5.73. The Bertz CT molecular complexity index is 857. The molecule has 2 heterocycles. The highest BCUT2D eigenvalue weighted by atomic mass is 15.3. The lowest BCUT2D eigenvalue weighted by Crippen LogP contribution is -1.97. The molecular weight excluding hydrogens is 272 g/mol. The molecule has 2 aromatic heterocycles. The summed E-state index contributed by atoms with van der Waals surface area (Å²) in [6, 6.07) is 6.27.